The maximum Gasteiger partial charge on any atom is 0.254 e. The summed E-state index contributed by atoms with van der Waals surface area (Å²) >= 11 is 5.97. The zero-order valence-electron chi connectivity index (χ0n) is 12.4. The number of carbonyl (C=O) groups is 1. The highest BCUT2D eigenvalue weighted by Crippen LogP contribution is 2.45. The molecule has 1 aromatic rings. The summed E-state index contributed by atoms with van der Waals surface area (Å²) in [5, 5.41) is 11.0. The Hall–Kier alpha value is -1.06. The molecule has 1 saturated heterocycles. The van der Waals surface area contributed by atoms with Gasteiger partial charge in [0.1, 0.15) is 0 Å². The van der Waals surface area contributed by atoms with E-state index in [1.165, 1.54) is 0 Å². The van der Waals surface area contributed by atoms with Crippen molar-refractivity contribution >= 4 is 17.5 Å². The van der Waals surface area contributed by atoms with E-state index in [4.69, 9.17) is 11.6 Å². The second-order valence-corrected chi connectivity index (χ2v) is 7.00. The Morgan fingerprint density at radius 1 is 1.38 bits per heavy atom. The van der Waals surface area contributed by atoms with Gasteiger partial charge in [-0.3, -0.25) is 4.79 Å². The predicted octanol–water partition coefficient (Wildman–Crippen LogP) is 3.42. The monoisotopic (exact) mass is 307 g/mol. The van der Waals surface area contributed by atoms with Gasteiger partial charge in [-0.05, 0) is 56.4 Å². The van der Waals surface area contributed by atoms with Crippen LogP contribution in [0.1, 0.15) is 48.0 Å². The number of rotatable bonds is 1. The number of halogens is 1. The van der Waals surface area contributed by atoms with Gasteiger partial charge in [-0.25, -0.2) is 0 Å². The van der Waals surface area contributed by atoms with Crippen LogP contribution in [0.2, 0.25) is 5.02 Å². The largest absolute Gasteiger partial charge is 0.392 e. The van der Waals surface area contributed by atoms with Crippen molar-refractivity contribution in [2.24, 2.45) is 5.41 Å². The van der Waals surface area contributed by atoms with Crippen LogP contribution in [-0.4, -0.2) is 35.1 Å². The number of piperidine rings is 1. The van der Waals surface area contributed by atoms with E-state index in [1.807, 2.05) is 24.0 Å². The number of benzene rings is 1. The Morgan fingerprint density at radius 3 is 2.81 bits per heavy atom. The molecule has 0 bridgehead atoms. The lowest BCUT2D eigenvalue weighted by atomic mass is 9.76. The summed E-state index contributed by atoms with van der Waals surface area (Å²) in [5.74, 6) is 0.0716. The van der Waals surface area contributed by atoms with Crippen LogP contribution < -0.4 is 0 Å². The highest BCUT2D eigenvalue weighted by atomic mass is 35.5. The number of likely N-dealkylation sites (tertiary alicyclic amines) is 1. The summed E-state index contributed by atoms with van der Waals surface area (Å²) in [4.78, 5) is 14.7. The summed E-state index contributed by atoms with van der Waals surface area (Å²) in [7, 11) is 0. The van der Waals surface area contributed by atoms with Crippen molar-refractivity contribution in [2.75, 3.05) is 13.1 Å². The molecule has 1 saturated carbocycles. The molecule has 0 unspecified atom stereocenters. The third-order valence-corrected chi connectivity index (χ3v) is 5.41. The molecule has 1 aliphatic carbocycles. The van der Waals surface area contributed by atoms with Crippen LogP contribution in [-0.2, 0) is 0 Å². The lowest BCUT2D eigenvalue weighted by Gasteiger charge is -2.42. The molecule has 1 amide bonds. The number of carbonyl (C=O) groups excluding carboxylic acids is 1. The highest BCUT2D eigenvalue weighted by molar-refractivity contribution is 6.30. The number of aryl methyl sites for hydroxylation is 1. The quantitative estimate of drug-likeness (QED) is 0.863. The van der Waals surface area contributed by atoms with E-state index in [0.29, 0.717) is 11.6 Å². The SMILES string of the molecule is Cc1cc(Cl)ccc1C(=O)N1CCC[C@@]2(CCC[C@H]2O)C1. The number of hydrogen-bond acceptors (Lipinski definition) is 2. The minimum absolute atomic E-state index is 0.0613. The van der Waals surface area contributed by atoms with Crippen molar-refractivity contribution in [2.45, 2.75) is 45.1 Å². The Morgan fingerprint density at radius 2 is 2.14 bits per heavy atom. The van der Waals surface area contributed by atoms with Crippen LogP contribution in [0.15, 0.2) is 18.2 Å². The van der Waals surface area contributed by atoms with E-state index < -0.39 is 0 Å². The van der Waals surface area contributed by atoms with Crippen molar-refractivity contribution in [1.29, 1.82) is 0 Å². The highest BCUT2D eigenvalue weighted by Gasteiger charge is 2.45. The minimum Gasteiger partial charge on any atom is -0.392 e. The summed E-state index contributed by atoms with van der Waals surface area (Å²) in [5.41, 5.74) is 1.58. The van der Waals surface area contributed by atoms with Gasteiger partial charge in [0.25, 0.3) is 5.91 Å². The van der Waals surface area contributed by atoms with Gasteiger partial charge in [0, 0.05) is 29.1 Å². The average Bonchev–Trinajstić information content (AvgIpc) is 2.79. The van der Waals surface area contributed by atoms with Gasteiger partial charge in [0.2, 0.25) is 0 Å². The van der Waals surface area contributed by atoms with E-state index in [-0.39, 0.29) is 17.4 Å². The van der Waals surface area contributed by atoms with E-state index in [0.717, 1.165) is 49.8 Å². The first-order chi connectivity index (χ1) is 10.0. The zero-order valence-corrected chi connectivity index (χ0v) is 13.2. The Kier molecular flexibility index (Phi) is 3.98. The first-order valence-electron chi connectivity index (χ1n) is 7.75. The Labute approximate surface area is 130 Å². The molecule has 0 aromatic heterocycles. The van der Waals surface area contributed by atoms with Crippen LogP contribution >= 0.6 is 11.6 Å². The molecular formula is C17H22ClNO2. The molecule has 3 nitrogen and oxygen atoms in total. The van der Waals surface area contributed by atoms with Crippen LogP contribution in [0.3, 0.4) is 0 Å². The maximum atomic E-state index is 12.8. The Balaban J connectivity index is 1.81. The molecule has 1 aromatic carbocycles. The molecule has 1 spiro atoms. The first-order valence-corrected chi connectivity index (χ1v) is 8.13. The smallest absolute Gasteiger partial charge is 0.254 e. The van der Waals surface area contributed by atoms with E-state index in [1.54, 1.807) is 6.07 Å². The van der Waals surface area contributed by atoms with Gasteiger partial charge >= 0.3 is 0 Å². The Bertz CT molecular complexity index is 560. The number of aliphatic hydroxyl groups excluding tert-OH is 1. The minimum atomic E-state index is -0.251. The van der Waals surface area contributed by atoms with Crippen molar-refractivity contribution < 1.29 is 9.90 Å². The molecule has 2 atom stereocenters. The molecular weight excluding hydrogens is 286 g/mol. The molecule has 3 rings (SSSR count). The van der Waals surface area contributed by atoms with Gasteiger partial charge < -0.3 is 10.0 Å². The summed E-state index contributed by atoms with van der Waals surface area (Å²) in [6, 6.07) is 5.41. The number of hydrogen-bond donors (Lipinski definition) is 1. The number of amides is 1. The molecule has 1 aliphatic heterocycles. The van der Waals surface area contributed by atoms with Gasteiger partial charge in [-0.2, -0.15) is 0 Å². The lowest BCUT2D eigenvalue weighted by Crippen LogP contribution is -2.49. The predicted molar refractivity (Wildman–Crippen MR) is 83.6 cm³/mol. The molecule has 114 valence electrons. The second kappa shape index (κ2) is 5.62. The molecule has 0 radical (unpaired) electrons. The molecule has 2 fully saturated rings. The maximum absolute atomic E-state index is 12.8. The fourth-order valence-corrected chi connectivity index (χ4v) is 4.19. The van der Waals surface area contributed by atoms with E-state index in [2.05, 4.69) is 0 Å². The molecule has 1 N–H and O–H groups in total. The number of nitrogens with zero attached hydrogens (tertiary/aromatic N) is 1. The topological polar surface area (TPSA) is 40.5 Å². The fraction of sp³-hybridized carbons (Fsp3) is 0.588. The molecule has 21 heavy (non-hydrogen) atoms. The normalized spacial score (nSPS) is 29.1. The number of aliphatic hydroxyl groups is 1. The van der Waals surface area contributed by atoms with Gasteiger partial charge in [-0.15, -0.1) is 0 Å². The van der Waals surface area contributed by atoms with Gasteiger partial charge in [0.15, 0.2) is 0 Å². The van der Waals surface area contributed by atoms with Crippen LogP contribution in [0.5, 0.6) is 0 Å². The standard InChI is InChI=1S/C17H22ClNO2/c1-12-10-13(18)5-6-14(12)16(21)19-9-3-8-17(11-19)7-2-4-15(17)20/h5-6,10,15,20H,2-4,7-9,11H2,1H3/t15-,17+/m1/s1. The average molecular weight is 308 g/mol. The van der Waals surface area contributed by atoms with Crippen molar-refractivity contribution in [3.63, 3.8) is 0 Å². The van der Waals surface area contributed by atoms with Crippen molar-refractivity contribution in [3.05, 3.63) is 34.3 Å². The lowest BCUT2D eigenvalue weighted by molar-refractivity contribution is -0.00538. The van der Waals surface area contributed by atoms with Crippen LogP contribution in [0.4, 0.5) is 0 Å². The summed E-state index contributed by atoms with van der Waals surface area (Å²) in [6.45, 7) is 3.40. The summed E-state index contributed by atoms with van der Waals surface area (Å²) in [6.07, 6.45) is 4.76. The summed E-state index contributed by atoms with van der Waals surface area (Å²) < 4.78 is 0. The molecule has 4 heteroatoms. The van der Waals surface area contributed by atoms with Gasteiger partial charge in [-0.1, -0.05) is 18.0 Å². The zero-order chi connectivity index (χ0) is 15.0. The third kappa shape index (κ3) is 2.69. The second-order valence-electron chi connectivity index (χ2n) is 6.56. The van der Waals surface area contributed by atoms with Crippen LogP contribution in [0, 0.1) is 12.3 Å². The van der Waals surface area contributed by atoms with Gasteiger partial charge in [0.05, 0.1) is 6.10 Å². The molecule has 2 aliphatic rings. The van der Waals surface area contributed by atoms with Crippen molar-refractivity contribution in [3.8, 4) is 0 Å². The first kappa shape index (κ1) is 14.9. The molecule has 1 heterocycles. The van der Waals surface area contributed by atoms with Crippen molar-refractivity contribution in [1.82, 2.24) is 4.90 Å². The fourth-order valence-electron chi connectivity index (χ4n) is 3.97. The van der Waals surface area contributed by atoms with E-state index in [9.17, 15) is 9.90 Å². The van der Waals surface area contributed by atoms with E-state index >= 15 is 0 Å². The van der Waals surface area contributed by atoms with Crippen LogP contribution in [0.25, 0.3) is 0 Å². The third-order valence-electron chi connectivity index (χ3n) is 5.17.